The average molecular weight is 438 g/mol. The highest BCUT2D eigenvalue weighted by atomic mass is 19.4. The molecule has 1 aliphatic carbocycles. The Morgan fingerprint density at radius 2 is 1.90 bits per heavy atom. The molecule has 2 N–H and O–H groups in total. The Kier molecular flexibility index (Phi) is 6.68. The number of nitrogens with one attached hydrogen (secondary N) is 2. The summed E-state index contributed by atoms with van der Waals surface area (Å²) in [5.74, 6) is 0.0654. The van der Waals surface area contributed by atoms with Gasteiger partial charge in [-0.25, -0.2) is 0 Å². The van der Waals surface area contributed by atoms with Gasteiger partial charge in [0.25, 0.3) is 0 Å². The molecule has 1 heterocycles. The van der Waals surface area contributed by atoms with E-state index in [2.05, 4.69) is 20.4 Å². The van der Waals surface area contributed by atoms with Crippen LogP contribution in [0.4, 0.5) is 26.3 Å². The highest BCUT2D eigenvalue weighted by molar-refractivity contribution is 5.81. The number of guanidine groups is 1. The molecule has 0 spiro atoms. The van der Waals surface area contributed by atoms with Crippen molar-refractivity contribution < 1.29 is 31.1 Å². The van der Waals surface area contributed by atoms with Gasteiger partial charge in [0, 0.05) is 37.6 Å². The molecule has 0 radical (unpaired) electrons. The van der Waals surface area contributed by atoms with Gasteiger partial charge in [-0.3, -0.25) is 9.89 Å². The van der Waals surface area contributed by atoms with E-state index >= 15 is 0 Å². The molecule has 5 nitrogen and oxygen atoms in total. The zero-order valence-corrected chi connectivity index (χ0v) is 16.4. The van der Waals surface area contributed by atoms with Crippen molar-refractivity contribution in [3.8, 4) is 5.75 Å². The maximum absolute atomic E-state index is 12.6. The molecule has 1 aromatic rings. The van der Waals surface area contributed by atoms with Gasteiger partial charge in [-0.05, 0) is 31.4 Å². The lowest BCUT2D eigenvalue weighted by Crippen LogP contribution is -2.46. The zero-order valence-electron chi connectivity index (χ0n) is 16.4. The van der Waals surface area contributed by atoms with E-state index in [1.54, 1.807) is 12.1 Å². The molecule has 30 heavy (non-hydrogen) atoms. The third-order valence-corrected chi connectivity index (χ3v) is 4.99. The normalized spacial score (nSPS) is 25.3. The van der Waals surface area contributed by atoms with Gasteiger partial charge in [-0.1, -0.05) is 18.2 Å². The number of likely N-dealkylation sites (tertiary alicyclic amines) is 1. The number of halogens is 6. The lowest BCUT2D eigenvalue weighted by atomic mass is 10.1. The van der Waals surface area contributed by atoms with Gasteiger partial charge < -0.3 is 15.4 Å². The number of hydrogen-bond acceptors (Lipinski definition) is 3. The second-order valence-electron chi connectivity index (χ2n) is 7.48. The Morgan fingerprint density at radius 1 is 1.17 bits per heavy atom. The number of rotatable bonds is 6. The summed E-state index contributed by atoms with van der Waals surface area (Å²) in [6.07, 6.45) is -7.85. The van der Waals surface area contributed by atoms with Crippen LogP contribution in [0.25, 0.3) is 0 Å². The Balaban J connectivity index is 1.56. The van der Waals surface area contributed by atoms with Crippen molar-refractivity contribution in [1.29, 1.82) is 0 Å². The summed E-state index contributed by atoms with van der Waals surface area (Å²) in [5, 5.41) is 6.33. The van der Waals surface area contributed by atoms with Crippen molar-refractivity contribution in [2.75, 3.05) is 26.2 Å². The van der Waals surface area contributed by atoms with Gasteiger partial charge >= 0.3 is 12.5 Å². The minimum Gasteiger partial charge on any atom is -0.405 e. The number of ether oxygens (including phenoxy) is 1. The van der Waals surface area contributed by atoms with Gasteiger partial charge in [-0.15, -0.1) is 13.2 Å². The van der Waals surface area contributed by atoms with E-state index in [9.17, 15) is 26.3 Å². The van der Waals surface area contributed by atoms with Crippen LogP contribution in [-0.2, 0) is 0 Å². The van der Waals surface area contributed by atoms with Gasteiger partial charge in [0.2, 0.25) is 0 Å². The number of aliphatic imine (C=N–C) groups is 1. The highest BCUT2D eigenvalue weighted by Gasteiger charge is 2.43. The summed E-state index contributed by atoms with van der Waals surface area (Å²) in [4.78, 5) is 5.66. The first-order valence-electron chi connectivity index (χ1n) is 9.75. The summed E-state index contributed by atoms with van der Waals surface area (Å²) in [5.41, 5.74) is 0.459. The van der Waals surface area contributed by atoms with Crippen LogP contribution in [0.15, 0.2) is 29.3 Å². The maximum Gasteiger partial charge on any atom is 0.573 e. The fraction of sp³-hybridized carbons (Fsp3) is 0.632. The van der Waals surface area contributed by atoms with Crippen LogP contribution >= 0.6 is 0 Å². The van der Waals surface area contributed by atoms with Crippen molar-refractivity contribution in [2.24, 2.45) is 4.99 Å². The van der Waals surface area contributed by atoms with Crippen LogP contribution in [0.5, 0.6) is 5.75 Å². The van der Waals surface area contributed by atoms with Crippen LogP contribution in [0.2, 0.25) is 0 Å². The predicted octanol–water partition coefficient (Wildman–Crippen LogP) is 3.63. The molecule has 3 atom stereocenters. The SMILES string of the molecule is CCN=C(NC1CCN(CC(F)(F)F)C1)NC1CC1c1ccccc1OC(F)(F)F. The number of para-hydroxylation sites is 1. The molecule has 0 aromatic heterocycles. The van der Waals surface area contributed by atoms with Crippen LogP contribution in [0, 0.1) is 0 Å². The fourth-order valence-corrected chi connectivity index (χ4v) is 3.71. The standard InChI is InChI=1S/C19H24F6N4O/c1-2-26-17(27-12-7-8-29(10-12)11-18(20,21)22)28-15-9-14(15)13-5-3-4-6-16(13)30-19(23,24)25/h3-6,12,14-15H,2,7-11H2,1H3,(H2,26,27,28). The second-order valence-corrected chi connectivity index (χ2v) is 7.48. The van der Waals surface area contributed by atoms with E-state index in [4.69, 9.17) is 0 Å². The Morgan fingerprint density at radius 3 is 2.57 bits per heavy atom. The van der Waals surface area contributed by atoms with Gasteiger partial charge in [-0.2, -0.15) is 13.2 Å². The second kappa shape index (κ2) is 8.91. The van der Waals surface area contributed by atoms with Gasteiger partial charge in [0.05, 0.1) is 6.54 Å². The van der Waals surface area contributed by atoms with Crippen molar-refractivity contribution >= 4 is 5.96 Å². The first-order valence-corrected chi connectivity index (χ1v) is 9.75. The van der Waals surface area contributed by atoms with Crippen LogP contribution < -0.4 is 15.4 Å². The summed E-state index contributed by atoms with van der Waals surface area (Å²) in [6.45, 7) is 1.93. The van der Waals surface area contributed by atoms with Crippen molar-refractivity contribution in [3.05, 3.63) is 29.8 Å². The van der Waals surface area contributed by atoms with Crippen molar-refractivity contribution in [3.63, 3.8) is 0 Å². The summed E-state index contributed by atoms with van der Waals surface area (Å²) in [6, 6.07) is 5.71. The molecule has 3 rings (SSSR count). The molecule has 1 saturated carbocycles. The molecule has 11 heteroatoms. The Bertz CT molecular complexity index is 751. The van der Waals surface area contributed by atoms with E-state index in [-0.39, 0.29) is 30.3 Å². The fourth-order valence-electron chi connectivity index (χ4n) is 3.71. The monoisotopic (exact) mass is 438 g/mol. The molecule has 2 fully saturated rings. The van der Waals surface area contributed by atoms with Gasteiger partial charge in [0.1, 0.15) is 5.75 Å². The minimum absolute atomic E-state index is 0.131. The molecule has 1 saturated heterocycles. The molecule has 1 aliphatic heterocycles. The molecule has 3 unspecified atom stereocenters. The van der Waals surface area contributed by atoms with Crippen molar-refractivity contribution in [2.45, 2.75) is 50.3 Å². The van der Waals surface area contributed by atoms with E-state index in [0.29, 0.717) is 37.5 Å². The minimum atomic E-state index is -4.77. The smallest absolute Gasteiger partial charge is 0.405 e. The quantitative estimate of drug-likeness (QED) is 0.405. The first kappa shape index (κ1) is 22.5. The molecular formula is C19H24F6N4O. The number of hydrogen-bond donors (Lipinski definition) is 2. The van der Waals surface area contributed by atoms with Crippen molar-refractivity contribution in [1.82, 2.24) is 15.5 Å². The zero-order chi connectivity index (χ0) is 21.9. The number of alkyl halides is 6. The summed E-state index contributed by atoms with van der Waals surface area (Å²) < 4.78 is 79.7. The molecule has 1 aromatic carbocycles. The number of nitrogens with zero attached hydrogens (tertiary/aromatic N) is 2. The average Bonchev–Trinajstić information content (AvgIpc) is 3.23. The summed E-state index contributed by atoms with van der Waals surface area (Å²) in [7, 11) is 0. The van der Waals surface area contributed by atoms with Crippen LogP contribution in [0.1, 0.15) is 31.2 Å². The number of benzene rings is 1. The first-order chi connectivity index (χ1) is 14.0. The van der Waals surface area contributed by atoms with Crippen LogP contribution in [0.3, 0.4) is 0 Å². The highest BCUT2D eigenvalue weighted by Crippen LogP contribution is 2.45. The Hall–Kier alpha value is -2.17. The molecule has 168 valence electrons. The third-order valence-electron chi connectivity index (χ3n) is 4.99. The maximum atomic E-state index is 12.6. The van der Waals surface area contributed by atoms with E-state index < -0.39 is 19.1 Å². The topological polar surface area (TPSA) is 48.9 Å². The van der Waals surface area contributed by atoms with Gasteiger partial charge in [0.15, 0.2) is 5.96 Å². The van der Waals surface area contributed by atoms with Crippen LogP contribution in [-0.4, -0.2) is 61.7 Å². The predicted molar refractivity (Wildman–Crippen MR) is 99.4 cm³/mol. The lowest BCUT2D eigenvalue weighted by molar-refractivity contribution is -0.274. The Labute approximate surface area is 170 Å². The largest absolute Gasteiger partial charge is 0.573 e. The summed E-state index contributed by atoms with van der Waals surface area (Å²) >= 11 is 0. The molecule has 0 bridgehead atoms. The van der Waals surface area contributed by atoms with E-state index in [1.807, 2.05) is 6.92 Å². The van der Waals surface area contributed by atoms with E-state index in [0.717, 1.165) is 0 Å². The lowest BCUT2D eigenvalue weighted by Gasteiger charge is -2.20. The van der Waals surface area contributed by atoms with E-state index in [1.165, 1.54) is 17.0 Å². The molecule has 2 aliphatic rings. The molecular weight excluding hydrogens is 414 g/mol. The molecule has 0 amide bonds. The third kappa shape index (κ3) is 6.68.